The van der Waals surface area contributed by atoms with Crippen LogP contribution in [0.15, 0.2) is 6.20 Å². The number of amides is 1. The molecule has 5 N–H and O–H groups in total. The lowest BCUT2D eigenvalue weighted by molar-refractivity contribution is -0.135. The van der Waals surface area contributed by atoms with E-state index in [1.165, 1.54) is 0 Å². The predicted molar refractivity (Wildman–Crippen MR) is 190 cm³/mol. The van der Waals surface area contributed by atoms with Crippen molar-refractivity contribution in [1.82, 2.24) is 34.8 Å². The zero-order chi connectivity index (χ0) is 35.6. The van der Waals surface area contributed by atoms with E-state index in [-0.39, 0.29) is 36.9 Å². The first kappa shape index (κ1) is 42.0. The number of unbranched alkanes of at least 4 members (excludes halogenated alkanes) is 1. The monoisotopic (exact) mass is 735 g/mol. The zero-order valence-corrected chi connectivity index (χ0v) is 30.9. The Bertz CT molecular complexity index is 1320. The van der Waals surface area contributed by atoms with Gasteiger partial charge in [0.15, 0.2) is 0 Å². The number of carbonyl (C=O) groups excluding carboxylic acids is 1. The number of nitrogens with two attached hydrogens (primary N) is 2. The van der Waals surface area contributed by atoms with E-state index >= 15 is 0 Å². The van der Waals surface area contributed by atoms with Crippen LogP contribution in [0.1, 0.15) is 57.3 Å². The number of anilines is 3. The van der Waals surface area contributed by atoms with Gasteiger partial charge in [-0.05, 0) is 31.7 Å². The highest BCUT2D eigenvalue weighted by Gasteiger charge is 2.31. The van der Waals surface area contributed by atoms with Crippen LogP contribution in [0.3, 0.4) is 0 Å². The summed E-state index contributed by atoms with van der Waals surface area (Å²) in [5.41, 5.74) is 12.9. The van der Waals surface area contributed by atoms with Gasteiger partial charge in [0.2, 0.25) is 23.8 Å². The van der Waals surface area contributed by atoms with Crippen LogP contribution in [0, 0.1) is 18.3 Å². The van der Waals surface area contributed by atoms with Gasteiger partial charge >= 0.3 is 0 Å². The molecule has 51 heavy (non-hydrogen) atoms. The summed E-state index contributed by atoms with van der Waals surface area (Å²) in [5.74, 6) is 4.32. The van der Waals surface area contributed by atoms with Crippen LogP contribution in [-0.2, 0) is 23.7 Å². The average Bonchev–Trinajstić information content (AvgIpc) is 3.65. The minimum atomic E-state index is -0.471. The molecule has 2 aromatic heterocycles. The molecule has 0 radical (unpaired) electrons. The van der Waals surface area contributed by atoms with E-state index in [0.717, 1.165) is 19.3 Å². The van der Waals surface area contributed by atoms with Gasteiger partial charge in [-0.2, -0.15) is 15.0 Å². The standard InChI is InChI=1S/C33H56N12O5.ClH/c1-4-17-47-21-23-50-24-22-48-18-10-36-31-37-32(39-33(38-31)44-15-19-49-20-16-44)43-13-11-42(12-14-43)30(46)28(8-6-7-9-34)45-25-27(40-41-45)29(35)26(3)5-2;/h1,25-26,28-29H,5-24,34-35H2,2-3H3,(H,36,37,38,39);1H/p-1/t26?,28-,29-;/m0./s1. The fraction of sp³-hybridized carbons (Fsp3) is 0.758. The van der Waals surface area contributed by atoms with Gasteiger partial charge in [-0.25, -0.2) is 4.68 Å². The van der Waals surface area contributed by atoms with Crippen molar-refractivity contribution in [2.75, 3.05) is 120 Å². The van der Waals surface area contributed by atoms with Gasteiger partial charge in [-0.3, -0.25) is 4.79 Å². The Labute approximate surface area is 307 Å². The Morgan fingerprint density at radius 3 is 2.27 bits per heavy atom. The molecule has 18 heteroatoms. The molecule has 0 saturated carbocycles. The summed E-state index contributed by atoms with van der Waals surface area (Å²) in [7, 11) is 0. The van der Waals surface area contributed by atoms with Crippen LogP contribution in [0.25, 0.3) is 0 Å². The number of carbonyl (C=O) groups is 1. The second-order valence-corrected chi connectivity index (χ2v) is 12.4. The molecule has 0 aromatic carbocycles. The van der Waals surface area contributed by atoms with Crippen LogP contribution >= 0.6 is 0 Å². The summed E-state index contributed by atoms with van der Waals surface area (Å²) < 4.78 is 23.6. The van der Waals surface area contributed by atoms with Crippen molar-refractivity contribution in [3.05, 3.63) is 11.9 Å². The van der Waals surface area contributed by atoms with E-state index in [2.05, 4.69) is 45.2 Å². The maximum atomic E-state index is 14.0. The Kier molecular flexibility index (Phi) is 19.2. The number of hydrogen-bond donors (Lipinski definition) is 3. The number of morpholine rings is 1. The normalized spacial score (nSPS) is 16.6. The van der Waals surface area contributed by atoms with Crippen molar-refractivity contribution in [2.45, 2.75) is 51.6 Å². The minimum absolute atomic E-state index is 0. The molecule has 4 heterocycles. The quantitative estimate of drug-likeness (QED) is 0.0845. The van der Waals surface area contributed by atoms with Crippen molar-refractivity contribution in [2.24, 2.45) is 17.4 Å². The van der Waals surface area contributed by atoms with Gasteiger partial charge in [-0.15, -0.1) is 11.5 Å². The van der Waals surface area contributed by atoms with Crippen LogP contribution < -0.4 is 39.0 Å². The molecule has 286 valence electrons. The molecule has 2 aliphatic rings. The maximum Gasteiger partial charge on any atom is 0.247 e. The van der Waals surface area contributed by atoms with Crippen LogP contribution in [0.2, 0.25) is 0 Å². The van der Waals surface area contributed by atoms with E-state index in [9.17, 15) is 4.79 Å². The molecule has 2 aliphatic heterocycles. The number of aromatic nitrogens is 6. The Morgan fingerprint density at radius 1 is 0.980 bits per heavy atom. The second-order valence-electron chi connectivity index (χ2n) is 12.4. The molecule has 0 aliphatic carbocycles. The third-order valence-corrected chi connectivity index (χ3v) is 8.90. The van der Waals surface area contributed by atoms with E-state index in [1.54, 1.807) is 4.68 Å². The Balaban J connectivity index is 0.00000702. The zero-order valence-electron chi connectivity index (χ0n) is 30.1. The Hall–Kier alpha value is -3.37. The van der Waals surface area contributed by atoms with Crippen molar-refractivity contribution in [3.8, 4) is 12.3 Å². The van der Waals surface area contributed by atoms with Crippen molar-refractivity contribution in [3.63, 3.8) is 0 Å². The van der Waals surface area contributed by atoms with Crippen molar-refractivity contribution < 1.29 is 36.1 Å². The number of piperazine rings is 1. The second kappa shape index (κ2) is 23.2. The highest BCUT2D eigenvalue weighted by Crippen LogP contribution is 2.25. The van der Waals surface area contributed by atoms with E-state index < -0.39 is 6.04 Å². The minimum Gasteiger partial charge on any atom is -1.00 e. The lowest BCUT2D eigenvalue weighted by Gasteiger charge is -2.36. The number of rotatable bonds is 22. The van der Waals surface area contributed by atoms with Gasteiger partial charge < -0.3 is 62.8 Å². The van der Waals surface area contributed by atoms with Gasteiger partial charge in [0.05, 0.1) is 64.2 Å². The molecule has 2 fully saturated rings. The summed E-state index contributed by atoms with van der Waals surface area (Å²) >= 11 is 0. The van der Waals surface area contributed by atoms with Gasteiger partial charge in [0, 0.05) is 45.8 Å². The van der Waals surface area contributed by atoms with Crippen molar-refractivity contribution in [1.29, 1.82) is 0 Å². The highest BCUT2D eigenvalue weighted by atomic mass is 35.5. The SMILES string of the molecule is C#CCOCCOCCOCCNc1nc(N2CCOCC2)nc(N2CCN(C(=O)[C@H](CCCCN)n3cc([C@@H](N)C(C)CC)nn3)CC2)n1.[Cl-]. The highest BCUT2D eigenvalue weighted by molar-refractivity contribution is 5.80. The number of nitrogens with one attached hydrogen (secondary N) is 1. The van der Waals surface area contributed by atoms with Crippen LogP contribution in [0.4, 0.5) is 17.8 Å². The first-order chi connectivity index (χ1) is 24.4. The molecule has 2 aromatic rings. The van der Waals surface area contributed by atoms with Gasteiger partial charge in [0.1, 0.15) is 12.6 Å². The number of halogens is 1. The lowest BCUT2D eigenvalue weighted by Crippen LogP contribution is -3.00. The van der Waals surface area contributed by atoms with E-state index in [4.69, 9.17) is 51.8 Å². The molecule has 1 unspecified atom stereocenters. The molecule has 3 atom stereocenters. The fourth-order valence-electron chi connectivity index (χ4n) is 5.61. The number of ether oxygens (including phenoxy) is 4. The summed E-state index contributed by atoms with van der Waals surface area (Å²) in [6, 6.07) is -0.705. The van der Waals surface area contributed by atoms with E-state index in [0.29, 0.717) is 129 Å². The summed E-state index contributed by atoms with van der Waals surface area (Å²) in [4.78, 5) is 34.4. The van der Waals surface area contributed by atoms with Crippen molar-refractivity contribution >= 4 is 23.8 Å². The Morgan fingerprint density at radius 2 is 1.63 bits per heavy atom. The maximum absolute atomic E-state index is 14.0. The third-order valence-electron chi connectivity index (χ3n) is 8.90. The number of nitrogens with zero attached hydrogens (tertiary/aromatic N) is 9. The first-order valence-corrected chi connectivity index (χ1v) is 17.9. The smallest absolute Gasteiger partial charge is 0.247 e. The lowest BCUT2D eigenvalue weighted by atomic mass is 9.98. The molecule has 2 saturated heterocycles. The average molecular weight is 736 g/mol. The molecule has 4 rings (SSSR count). The topological polar surface area (TPSA) is 197 Å². The largest absolute Gasteiger partial charge is 1.00 e. The predicted octanol–water partition coefficient (Wildman–Crippen LogP) is -2.54. The molecule has 17 nitrogen and oxygen atoms in total. The fourth-order valence-corrected chi connectivity index (χ4v) is 5.61. The summed E-state index contributed by atoms with van der Waals surface area (Å²) in [6.45, 7) is 12.7. The van der Waals surface area contributed by atoms with Crippen LogP contribution in [0.5, 0.6) is 0 Å². The summed E-state index contributed by atoms with van der Waals surface area (Å²) in [6.07, 6.45) is 10.2. The first-order valence-electron chi connectivity index (χ1n) is 17.9. The van der Waals surface area contributed by atoms with E-state index in [1.807, 2.05) is 11.1 Å². The molecule has 0 spiro atoms. The molecular weight excluding hydrogens is 680 g/mol. The van der Waals surface area contributed by atoms with Crippen LogP contribution in [-0.4, -0.2) is 146 Å². The molecule has 1 amide bonds. The molecular formula is C33H56ClN12O5-. The number of terminal acetylenes is 1. The van der Waals surface area contributed by atoms with Gasteiger partial charge in [0.25, 0.3) is 0 Å². The number of hydrogen-bond acceptors (Lipinski definition) is 15. The summed E-state index contributed by atoms with van der Waals surface area (Å²) in [5, 5.41) is 12.0. The third kappa shape index (κ3) is 13.3. The molecule has 0 bridgehead atoms. The van der Waals surface area contributed by atoms with Gasteiger partial charge in [-0.1, -0.05) is 31.4 Å².